The van der Waals surface area contributed by atoms with E-state index in [1.807, 2.05) is 0 Å². The van der Waals surface area contributed by atoms with E-state index in [9.17, 15) is 95.8 Å². The Labute approximate surface area is 515 Å². The van der Waals surface area contributed by atoms with Crippen LogP contribution in [0.4, 0.5) is 52.7 Å². The molecule has 0 aromatic heterocycles. The van der Waals surface area contributed by atoms with Crippen molar-refractivity contribution in [3.63, 3.8) is 0 Å². The number of esters is 9. The Morgan fingerprint density at radius 1 is 0.389 bits per heavy atom. The van der Waals surface area contributed by atoms with Gasteiger partial charge in [-0.1, -0.05) is 40.5 Å². The Morgan fingerprint density at radius 2 is 0.656 bits per heavy atom. The van der Waals surface area contributed by atoms with E-state index in [-0.39, 0.29) is 0 Å². The monoisotopic (exact) mass is 1320 g/mol. The summed E-state index contributed by atoms with van der Waals surface area (Å²) in [5.74, 6) is -41.6. The minimum Gasteiger partial charge on any atom is -0.462 e. The van der Waals surface area contributed by atoms with Crippen LogP contribution in [0.1, 0.15) is 197 Å². The number of hydrogen-bond donors (Lipinski definition) is 0. The molecule has 0 aliphatic heterocycles. The van der Waals surface area contributed by atoms with Gasteiger partial charge in [-0.25, -0.2) is 28.8 Å². The van der Waals surface area contributed by atoms with Crippen LogP contribution >= 0.6 is 0 Å². The van der Waals surface area contributed by atoms with Crippen molar-refractivity contribution in [2.24, 2.45) is 34.5 Å². The maximum Gasteiger partial charge on any atom is 0.377 e. The topological polar surface area (TPSA) is 237 Å². The van der Waals surface area contributed by atoms with Crippen LogP contribution in [0.2, 0.25) is 0 Å². The molecule has 0 aromatic rings. The normalized spacial score (nSPS) is 21.1. The largest absolute Gasteiger partial charge is 0.462 e. The number of halogens is 12. The standard InChI is InChI=1S/C23H32F4O6.C19H28F4O6.C18H26F4O6/c1-4-20(2,3)17(28)31-5-6-32-18(29)22(24,25)13-23(26,27)19(30)33-21-10-14-7-15(11-21)9-16(8-14)12-21;1-4-17(2,3)14(24)27-10-11-28-15(25)18(20,21)12-19(22,23)16(26)29-13-8-6-5-7-9-13;1-3-12(2)14(23)26-9-10-27-15(24)17(19,20)11-18(21,22)16(25)28-13-7-5-4-6-8-13/h14-16H,4-13H2,1-3H3;13H,4-12H2,1-3H3;12-13H,3-11H2,1-2H3. The summed E-state index contributed by atoms with van der Waals surface area (Å²) in [5, 5.41) is 0. The number of ether oxygens (including phenoxy) is 9. The van der Waals surface area contributed by atoms with Crippen LogP contribution in [0.25, 0.3) is 0 Å². The number of carbonyl (C=O) groups is 9. The first-order valence-corrected chi connectivity index (χ1v) is 30.4. The van der Waals surface area contributed by atoms with E-state index in [1.54, 1.807) is 55.4 Å². The Bertz CT molecular complexity index is 2390. The average Bonchev–Trinajstić information content (AvgIpc) is 0.948. The predicted molar refractivity (Wildman–Crippen MR) is 290 cm³/mol. The van der Waals surface area contributed by atoms with E-state index in [0.717, 1.165) is 32.1 Å². The minimum atomic E-state index is -4.61. The van der Waals surface area contributed by atoms with E-state index in [4.69, 9.17) is 18.9 Å². The second kappa shape index (κ2) is 33.3. The molecule has 0 amide bonds. The van der Waals surface area contributed by atoms with Crippen LogP contribution in [0.15, 0.2) is 0 Å². The van der Waals surface area contributed by atoms with Crippen LogP contribution < -0.4 is 0 Å². The molecule has 1 unspecified atom stereocenters. The summed E-state index contributed by atoms with van der Waals surface area (Å²) in [5.41, 5.74) is -2.61. The molecule has 0 aromatic carbocycles. The number of alkyl halides is 12. The summed E-state index contributed by atoms with van der Waals surface area (Å²) >= 11 is 0. The molecule has 6 saturated carbocycles. The van der Waals surface area contributed by atoms with Gasteiger partial charge in [-0.3, -0.25) is 14.4 Å². The molecule has 0 radical (unpaired) electrons. The highest BCUT2D eigenvalue weighted by molar-refractivity contribution is 5.84. The molecule has 6 aliphatic carbocycles. The second-order valence-corrected chi connectivity index (χ2v) is 25.2. The summed E-state index contributed by atoms with van der Waals surface area (Å²) in [6, 6.07) is 0. The van der Waals surface area contributed by atoms with Gasteiger partial charge < -0.3 is 42.6 Å². The van der Waals surface area contributed by atoms with E-state index >= 15 is 0 Å². The fourth-order valence-electron chi connectivity index (χ4n) is 10.7. The molecular formula is C60H86F12O18. The zero-order chi connectivity index (χ0) is 68.3. The lowest BCUT2D eigenvalue weighted by molar-refractivity contribution is -0.220. The van der Waals surface area contributed by atoms with Crippen molar-refractivity contribution in [1.82, 2.24) is 0 Å². The molecule has 1 atom stereocenters. The van der Waals surface area contributed by atoms with Gasteiger partial charge in [0.25, 0.3) is 0 Å². The Morgan fingerprint density at radius 3 is 0.944 bits per heavy atom. The molecule has 0 N–H and O–H groups in total. The summed E-state index contributed by atoms with van der Waals surface area (Å²) in [7, 11) is 0. The van der Waals surface area contributed by atoms with Gasteiger partial charge in [0.2, 0.25) is 0 Å². The average molecular weight is 1320 g/mol. The van der Waals surface area contributed by atoms with Crippen LogP contribution in [0.3, 0.4) is 0 Å². The van der Waals surface area contributed by atoms with Crippen LogP contribution in [-0.2, 0) is 85.8 Å². The third kappa shape index (κ3) is 24.5. The van der Waals surface area contributed by atoms with Crippen molar-refractivity contribution in [3.05, 3.63) is 0 Å². The number of carbonyl (C=O) groups excluding carboxylic acids is 9. The summed E-state index contributed by atoms with van der Waals surface area (Å²) in [6.45, 7) is 9.70. The molecule has 90 heavy (non-hydrogen) atoms. The van der Waals surface area contributed by atoms with Gasteiger partial charge in [-0.15, -0.1) is 0 Å². The molecule has 6 fully saturated rings. The van der Waals surface area contributed by atoms with Gasteiger partial charge in [0, 0.05) is 0 Å². The second-order valence-electron chi connectivity index (χ2n) is 25.2. The molecular weight excluding hydrogens is 1240 g/mol. The zero-order valence-corrected chi connectivity index (χ0v) is 52.1. The first-order chi connectivity index (χ1) is 41.5. The molecule has 18 nitrogen and oxygen atoms in total. The number of rotatable bonds is 30. The van der Waals surface area contributed by atoms with Gasteiger partial charge in [-0.05, 0) is 155 Å². The van der Waals surface area contributed by atoms with E-state index < -0.39 is 183 Å². The van der Waals surface area contributed by atoms with Gasteiger partial charge >= 0.3 is 89.3 Å². The van der Waals surface area contributed by atoms with Crippen LogP contribution in [-0.4, -0.2) is 147 Å². The van der Waals surface area contributed by atoms with Crippen LogP contribution in [0.5, 0.6) is 0 Å². The number of hydrogen-bond acceptors (Lipinski definition) is 18. The quantitative estimate of drug-likeness (QED) is 0.0281. The first kappa shape index (κ1) is 78.6. The Balaban J connectivity index is 0.000000354. The summed E-state index contributed by atoms with van der Waals surface area (Å²) < 4.78 is 209. The van der Waals surface area contributed by atoms with E-state index in [0.29, 0.717) is 108 Å². The Kier molecular flexibility index (Phi) is 29.1. The molecule has 6 aliphatic rings. The predicted octanol–water partition coefficient (Wildman–Crippen LogP) is 12.4. The fourth-order valence-corrected chi connectivity index (χ4v) is 10.7. The molecule has 0 spiro atoms. The van der Waals surface area contributed by atoms with Crippen molar-refractivity contribution >= 4 is 53.7 Å². The highest BCUT2D eigenvalue weighted by Gasteiger charge is 2.60. The summed E-state index contributed by atoms with van der Waals surface area (Å²) in [6.07, 6.45) is 3.51. The van der Waals surface area contributed by atoms with Gasteiger partial charge in [0.15, 0.2) is 0 Å². The Hall–Kier alpha value is -5.61. The van der Waals surface area contributed by atoms with Crippen LogP contribution in [0, 0.1) is 34.5 Å². The van der Waals surface area contributed by atoms with Crippen molar-refractivity contribution in [1.29, 1.82) is 0 Å². The maximum absolute atomic E-state index is 14.4. The maximum atomic E-state index is 14.4. The molecule has 4 bridgehead atoms. The van der Waals surface area contributed by atoms with E-state index in [1.165, 1.54) is 0 Å². The molecule has 30 heteroatoms. The third-order valence-corrected chi connectivity index (χ3v) is 16.6. The molecule has 518 valence electrons. The lowest BCUT2D eigenvalue weighted by Gasteiger charge is -2.55. The van der Waals surface area contributed by atoms with E-state index in [2.05, 4.69) is 23.7 Å². The van der Waals surface area contributed by atoms with Crippen molar-refractivity contribution < 1.29 is 138 Å². The lowest BCUT2D eigenvalue weighted by atomic mass is 9.54. The lowest BCUT2D eigenvalue weighted by Crippen LogP contribution is -2.55. The van der Waals surface area contributed by atoms with Gasteiger partial charge in [0.05, 0.1) is 36.0 Å². The van der Waals surface area contributed by atoms with Gasteiger partial charge in [-0.2, -0.15) is 52.7 Å². The van der Waals surface area contributed by atoms with Crippen molar-refractivity contribution in [2.45, 2.75) is 250 Å². The molecule has 6 rings (SSSR count). The highest BCUT2D eigenvalue weighted by Crippen LogP contribution is 2.57. The smallest absolute Gasteiger partial charge is 0.377 e. The zero-order valence-electron chi connectivity index (χ0n) is 52.1. The van der Waals surface area contributed by atoms with Crippen molar-refractivity contribution in [2.75, 3.05) is 39.6 Å². The minimum absolute atomic E-state index is 0.311. The molecule has 0 saturated heterocycles. The van der Waals surface area contributed by atoms with Gasteiger partial charge in [0.1, 0.15) is 57.5 Å². The van der Waals surface area contributed by atoms with Crippen molar-refractivity contribution in [3.8, 4) is 0 Å². The first-order valence-electron chi connectivity index (χ1n) is 30.4. The molecule has 0 heterocycles. The highest BCUT2D eigenvalue weighted by atomic mass is 19.3. The third-order valence-electron chi connectivity index (χ3n) is 16.6. The fraction of sp³-hybridized carbons (Fsp3) is 0.850. The summed E-state index contributed by atoms with van der Waals surface area (Å²) in [4.78, 5) is 105. The SMILES string of the molecule is CCC(C)(C)C(=O)OCCOC(=O)C(F)(F)CC(F)(F)C(=O)OC12CC3CC(CC(C3)C1)C2.CCC(C)(C)C(=O)OCCOC(=O)C(F)(F)CC(F)(F)C(=O)OC1CCCCC1.CCC(C)C(=O)OCCOC(=O)C(F)(F)CC(F)(F)C(=O)OC1CCCCC1.